The Balaban J connectivity index is 1.58. The van der Waals surface area contributed by atoms with E-state index in [4.69, 9.17) is 0 Å². The van der Waals surface area contributed by atoms with Crippen molar-refractivity contribution >= 4 is 34.4 Å². The van der Waals surface area contributed by atoms with Gasteiger partial charge in [0, 0.05) is 17.9 Å². The van der Waals surface area contributed by atoms with Crippen molar-refractivity contribution in [2.75, 3.05) is 11.1 Å². The fraction of sp³-hybridized carbons (Fsp3) is 0.294. The molecule has 8 heteroatoms. The standard InChI is InChI=1S/C17H17N5O2S/c1-9-4-3-5-13(10(9)2)19-14(23)6-11-8-25-17-20-15-12(7-18-21-15)16(24)22(11)17/h3-5,7,11H,6,8H2,1-2H3,(H,18,21)(H,19,23). The number of anilines is 1. The first kappa shape index (κ1) is 15.9. The zero-order valence-electron chi connectivity index (χ0n) is 13.9. The molecule has 0 aliphatic carbocycles. The molecule has 2 N–H and O–H groups in total. The first-order valence-electron chi connectivity index (χ1n) is 7.99. The zero-order valence-corrected chi connectivity index (χ0v) is 14.7. The van der Waals surface area contributed by atoms with Crippen LogP contribution in [0.5, 0.6) is 0 Å². The van der Waals surface area contributed by atoms with Crippen molar-refractivity contribution < 1.29 is 4.79 Å². The molecule has 1 amide bonds. The number of amides is 1. The highest BCUT2D eigenvalue weighted by Gasteiger charge is 2.29. The molecule has 0 radical (unpaired) electrons. The molecule has 1 atom stereocenters. The van der Waals surface area contributed by atoms with E-state index in [9.17, 15) is 9.59 Å². The number of fused-ring (bicyclic) bond motifs is 2. The summed E-state index contributed by atoms with van der Waals surface area (Å²) in [4.78, 5) is 29.6. The van der Waals surface area contributed by atoms with Crippen LogP contribution < -0.4 is 10.9 Å². The van der Waals surface area contributed by atoms with Crippen LogP contribution in [0.4, 0.5) is 5.69 Å². The number of benzene rings is 1. The van der Waals surface area contributed by atoms with E-state index in [1.807, 2.05) is 32.0 Å². The Labute approximate surface area is 147 Å². The largest absolute Gasteiger partial charge is 0.326 e. The van der Waals surface area contributed by atoms with E-state index >= 15 is 0 Å². The molecule has 25 heavy (non-hydrogen) atoms. The number of nitrogens with zero attached hydrogens (tertiary/aromatic N) is 3. The molecule has 1 aliphatic heterocycles. The normalized spacial score (nSPS) is 16.2. The number of rotatable bonds is 3. The van der Waals surface area contributed by atoms with Gasteiger partial charge in [0.2, 0.25) is 5.91 Å². The number of carbonyl (C=O) groups is 1. The van der Waals surface area contributed by atoms with Crippen molar-refractivity contribution in [3.05, 3.63) is 45.9 Å². The maximum absolute atomic E-state index is 12.6. The van der Waals surface area contributed by atoms with Gasteiger partial charge in [0.15, 0.2) is 10.8 Å². The van der Waals surface area contributed by atoms with E-state index in [0.717, 1.165) is 16.8 Å². The second kappa shape index (κ2) is 6.03. The molecule has 0 saturated carbocycles. The van der Waals surface area contributed by atoms with Crippen LogP contribution in [0.3, 0.4) is 0 Å². The van der Waals surface area contributed by atoms with Crippen LogP contribution >= 0.6 is 11.8 Å². The summed E-state index contributed by atoms with van der Waals surface area (Å²) in [6.45, 7) is 3.99. The van der Waals surface area contributed by atoms with Gasteiger partial charge in [-0.05, 0) is 31.0 Å². The highest BCUT2D eigenvalue weighted by Crippen LogP contribution is 2.33. The van der Waals surface area contributed by atoms with Gasteiger partial charge in [0.1, 0.15) is 5.39 Å². The number of H-pyrrole nitrogens is 1. The first-order chi connectivity index (χ1) is 12.0. The fourth-order valence-electron chi connectivity index (χ4n) is 3.01. The van der Waals surface area contributed by atoms with Crippen molar-refractivity contribution in [3.8, 4) is 0 Å². The first-order valence-corrected chi connectivity index (χ1v) is 8.97. The third-order valence-electron chi connectivity index (χ3n) is 4.55. The van der Waals surface area contributed by atoms with Gasteiger partial charge in [-0.25, -0.2) is 4.98 Å². The average Bonchev–Trinajstić information content (AvgIpc) is 3.20. The van der Waals surface area contributed by atoms with E-state index in [1.165, 1.54) is 18.0 Å². The smallest absolute Gasteiger partial charge is 0.265 e. The minimum atomic E-state index is -0.204. The zero-order chi connectivity index (χ0) is 17.6. The summed E-state index contributed by atoms with van der Waals surface area (Å²) in [6.07, 6.45) is 1.71. The highest BCUT2D eigenvalue weighted by molar-refractivity contribution is 7.99. The van der Waals surface area contributed by atoms with Gasteiger partial charge < -0.3 is 5.32 Å². The van der Waals surface area contributed by atoms with Crippen LogP contribution in [-0.4, -0.2) is 31.4 Å². The molecule has 4 rings (SSSR count). The van der Waals surface area contributed by atoms with Crippen LogP contribution in [0, 0.1) is 13.8 Å². The lowest BCUT2D eigenvalue weighted by Crippen LogP contribution is -2.27. The summed E-state index contributed by atoms with van der Waals surface area (Å²) in [5.41, 5.74) is 3.33. The molecule has 0 fully saturated rings. The minimum Gasteiger partial charge on any atom is -0.326 e. The monoisotopic (exact) mass is 355 g/mol. The SMILES string of the molecule is Cc1cccc(NC(=O)CC2CSc3nc4[nH]ncc4c(=O)n32)c1C. The summed E-state index contributed by atoms with van der Waals surface area (Å²) < 4.78 is 1.62. The number of nitrogens with one attached hydrogen (secondary N) is 2. The van der Waals surface area contributed by atoms with Crippen LogP contribution in [0.25, 0.3) is 11.0 Å². The van der Waals surface area contributed by atoms with Gasteiger partial charge in [-0.1, -0.05) is 23.9 Å². The molecule has 1 aromatic carbocycles. The topological polar surface area (TPSA) is 92.7 Å². The Morgan fingerprint density at radius 3 is 3.12 bits per heavy atom. The maximum Gasteiger partial charge on any atom is 0.265 e. The lowest BCUT2D eigenvalue weighted by atomic mass is 10.1. The molecular formula is C17H17N5O2S. The summed E-state index contributed by atoms with van der Waals surface area (Å²) >= 11 is 1.49. The van der Waals surface area contributed by atoms with Crippen molar-refractivity contribution in [1.82, 2.24) is 19.7 Å². The Hall–Kier alpha value is -2.61. The van der Waals surface area contributed by atoms with Gasteiger partial charge in [0.05, 0.1) is 12.2 Å². The number of aromatic nitrogens is 4. The maximum atomic E-state index is 12.6. The molecule has 3 aromatic rings. The van der Waals surface area contributed by atoms with Crippen LogP contribution in [0.2, 0.25) is 0 Å². The number of carbonyl (C=O) groups excluding carboxylic acids is 1. The fourth-order valence-corrected chi connectivity index (χ4v) is 4.14. The average molecular weight is 355 g/mol. The second-order valence-corrected chi connectivity index (χ2v) is 7.15. The van der Waals surface area contributed by atoms with Gasteiger partial charge in [-0.2, -0.15) is 5.10 Å². The van der Waals surface area contributed by atoms with Crippen molar-refractivity contribution in [2.45, 2.75) is 31.5 Å². The summed E-state index contributed by atoms with van der Waals surface area (Å²) in [5, 5.41) is 10.6. The van der Waals surface area contributed by atoms with Crippen molar-refractivity contribution in [3.63, 3.8) is 0 Å². The van der Waals surface area contributed by atoms with E-state index < -0.39 is 0 Å². The predicted molar refractivity (Wildman–Crippen MR) is 97.1 cm³/mol. The molecular weight excluding hydrogens is 338 g/mol. The summed E-state index contributed by atoms with van der Waals surface area (Å²) in [6, 6.07) is 5.61. The molecule has 1 unspecified atom stereocenters. The lowest BCUT2D eigenvalue weighted by Gasteiger charge is -2.14. The van der Waals surface area contributed by atoms with Crippen molar-refractivity contribution in [1.29, 1.82) is 0 Å². The predicted octanol–water partition coefficient (Wildman–Crippen LogP) is 2.41. The number of hydrogen-bond acceptors (Lipinski definition) is 5. The molecule has 0 spiro atoms. The molecule has 1 aliphatic rings. The Morgan fingerprint density at radius 1 is 1.44 bits per heavy atom. The number of aromatic amines is 1. The Kier molecular flexibility index (Phi) is 3.84. The van der Waals surface area contributed by atoms with Gasteiger partial charge in [0.25, 0.3) is 5.56 Å². The number of hydrogen-bond donors (Lipinski definition) is 2. The Bertz CT molecular complexity index is 1040. The third kappa shape index (κ3) is 2.72. The Morgan fingerprint density at radius 2 is 2.28 bits per heavy atom. The summed E-state index contributed by atoms with van der Waals surface area (Å²) in [7, 11) is 0. The molecule has 2 aromatic heterocycles. The second-order valence-electron chi connectivity index (χ2n) is 6.17. The van der Waals surface area contributed by atoms with Gasteiger partial charge in [-0.15, -0.1) is 0 Å². The van der Waals surface area contributed by atoms with E-state index in [0.29, 0.717) is 21.9 Å². The molecule has 0 saturated heterocycles. The lowest BCUT2D eigenvalue weighted by molar-refractivity contribution is -0.116. The number of thioether (sulfide) groups is 1. The third-order valence-corrected chi connectivity index (χ3v) is 5.65. The van der Waals surface area contributed by atoms with Gasteiger partial charge in [-0.3, -0.25) is 19.3 Å². The quantitative estimate of drug-likeness (QED) is 0.704. The molecule has 0 bridgehead atoms. The van der Waals surface area contributed by atoms with Crippen LogP contribution in [-0.2, 0) is 4.79 Å². The van der Waals surface area contributed by atoms with E-state index in [-0.39, 0.29) is 23.9 Å². The minimum absolute atomic E-state index is 0.105. The molecule has 7 nitrogen and oxygen atoms in total. The van der Waals surface area contributed by atoms with Gasteiger partial charge >= 0.3 is 0 Å². The molecule has 128 valence electrons. The summed E-state index contributed by atoms with van der Waals surface area (Å²) in [5.74, 6) is 0.550. The molecule has 3 heterocycles. The highest BCUT2D eigenvalue weighted by atomic mass is 32.2. The number of aryl methyl sites for hydroxylation is 1. The van der Waals surface area contributed by atoms with Crippen molar-refractivity contribution in [2.24, 2.45) is 0 Å². The van der Waals surface area contributed by atoms with Crippen LogP contribution in [0.1, 0.15) is 23.6 Å². The van der Waals surface area contributed by atoms with Crippen LogP contribution in [0.15, 0.2) is 34.3 Å². The van der Waals surface area contributed by atoms with E-state index in [1.54, 1.807) is 4.57 Å². The van der Waals surface area contributed by atoms with E-state index in [2.05, 4.69) is 20.5 Å².